The summed E-state index contributed by atoms with van der Waals surface area (Å²) in [6.45, 7) is 1.88. The molecular formula is C16H17O2P. The van der Waals surface area contributed by atoms with Gasteiger partial charge in [-0.15, -0.1) is 0 Å². The van der Waals surface area contributed by atoms with E-state index in [1.54, 1.807) is 0 Å². The van der Waals surface area contributed by atoms with Crippen molar-refractivity contribution in [2.45, 2.75) is 19.0 Å². The first-order valence-corrected chi connectivity index (χ1v) is 8.11. The van der Waals surface area contributed by atoms with Crippen molar-refractivity contribution in [3.8, 4) is 0 Å². The summed E-state index contributed by atoms with van der Waals surface area (Å²) in [6.07, 6.45) is 1.16. The summed E-state index contributed by atoms with van der Waals surface area (Å²) in [5.41, 5.74) is -0.185. The van der Waals surface area contributed by atoms with Crippen molar-refractivity contribution < 1.29 is 9.36 Å². The minimum atomic E-state index is -2.76. The van der Waals surface area contributed by atoms with Crippen molar-refractivity contribution in [2.24, 2.45) is 0 Å². The third kappa shape index (κ3) is 2.69. The second kappa shape index (κ2) is 5.99. The third-order valence-corrected chi connectivity index (χ3v) is 6.92. The first-order chi connectivity index (χ1) is 9.19. The highest BCUT2D eigenvalue weighted by atomic mass is 31.2. The van der Waals surface area contributed by atoms with Crippen LogP contribution in [-0.2, 0) is 9.36 Å². The molecule has 0 unspecified atom stereocenters. The lowest BCUT2D eigenvalue weighted by Gasteiger charge is -2.24. The Morgan fingerprint density at radius 3 is 1.74 bits per heavy atom. The molecule has 0 heterocycles. The van der Waals surface area contributed by atoms with Crippen LogP contribution in [0.25, 0.3) is 0 Å². The van der Waals surface area contributed by atoms with Crippen LogP contribution in [0.15, 0.2) is 60.7 Å². The fourth-order valence-corrected chi connectivity index (χ4v) is 5.17. The molecule has 98 valence electrons. The van der Waals surface area contributed by atoms with Gasteiger partial charge in [-0.1, -0.05) is 67.6 Å². The SMILES string of the molecule is C[C@@H](CC=O)P(=O)(c1ccccc1)c1ccccc1. The Kier molecular flexibility index (Phi) is 4.34. The lowest BCUT2D eigenvalue weighted by molar-refractivity contribution is -0.107. The molecule has 3 heteroatoms. The van der Waals surface area contributed by atoms with Gasteiger partial charge in [-0.05, 0) is 0 Å². The van der Waals surface area contributed by atoms with Crippen molar-refractivity contribution >= 4 is 24.0 Å². The van der Waals surface area contributed by atoms with Crippen molar-refractivity contribution in [3.63, 3.8) is 0 Å². The van der Waals surface area contributed by atoms with E-state index in [0.717, 1.165) is 16.9 Å². The summed E-state index contributed by atoms with van der Waals surface area (Å²) in [4.78, 5) is 10.8. The molecule has 0 aliphatic heterocycles. The molecule has 0 saturated heterocycles. The van der Waals surface area contributed by atoms with Crippen LogP contribution in [0.3, 0.4) is 0 Å². The minimum absolute atomic E-state index is 0.185. The molecule has 0 N–H and O–H groups in total. The number of aldehydes is 1. The zero-order chi connectivity index (χ0) is 13.7. The van der Waals surface area contributed by atoms with Gasteiger partial charge in [0.15, 0.2) is 0 Å². The summed E-state index contributed by atoms with van der Waals surface area (Å²) in [5.74, 6) is 0. The Morgan fingerprint density at radius 2 is 1.37 bits per heavy atom. The molecule has 0 bridgehead atoms. The topological polar surface area (TPSA) is 34.1 Å². The molecule has 0 saturated carbocycles. The number of hydrogen-bond acceptors (Lipinski definition) is 2. The molecule has 2 aromatic rings. The molecule has 0 fully saturated rings. The van der Waals surface area contributed by atoms with Gasteiger partial charge >= 0.3 is 0 Å². The number of benzene rings is 2. The predicted octanol–water partition coefficient (Wildman–Crippen LogP) is 2.98. The summed E-state index contributed by atoms with van der Waals surface area (Å²) in [7, 11) is -2.76. The summed E-state index contributed by atoms with van der Waals surface area (Å²) in [5, 5.41) is 1.63. The van der Waals surface area contributed by atoms with Crippen LogP contribution in [0.4, 0.5) is 0 Å². The standard InChI is InChI=1S/C16H17O2P/c1-14(12-13-17)19(18,15-8-4-2-5-9-15)16-10-6-3-7-11-16/h2-11,13-14H,12H2,1H3/t14-/m0/s1. The van der Waals surface area contributed by atoms with Gasteiger partial charge in [0.1, 0.15) is 13.4 Å². The predicted molar refractivity (Wildman–Crippen MR) is 79.9 cm³/mol. The maximum atomic E-state index is 13.5. The highest BCUT2D eigenvalue weighted by Crippen LogP contribution is 2.49. The van der Waals surface area contributed by atoms with E-state index in [1.807, 2.05) is 67.6 Å². The average molecular weight is 272 g/mol. The molecule has 0 aliphatic carbocycles. The summed E-state index contributed by atoms with van der Waals surface area (Å²) < 4.78 is 13.5. The molecule has 19 heavy (non-hydrogen) atoms. The van der Waals surface area contributed by atoms with E-state index < -0.39 is 7.14 Å². The Hall–Kier alpha value is -1.66. The zero-order valence-electron chi connectivity index (χ0n) is 10.9. The molecule has 0 aliphatic rings. The minimum Gasteiger partial charge on any atom is -0.313 e. The van der Waals surface area contributed by atoms with Crippen LogP contribution in [-0.4, -0.2) is 11.9 Å². The van der Waals surface area contributed by atoms with E-state index in [0.29, 0.717) is 6.42 Å². The number of rotatable bonds is 5. The first kappa shape index (κ1) is 13.8. The van der Waals surface area contributed by atoms with Gasteiger partial charge in [-0.3, -0.25) is 0 Å². The lowest BCUT2D eigenvalue weighted by atomic mass is 10.3. The van der Waals surface area contributed by atoms with E-state index in [2.05, 4.69) is 0 Å². The molecule has 2 rings (SSSR count). The van der Waals surface area contributed by atoms with Crippen LogP contribution in [0, 0.1) is 0 Å². The zero-order valence-corrected chi connectivity index (χ0v) is 11.8. The van der Waals surface area contributed by atoms with Crippen LogP contribution in [0.2, 0.25) is 0 Å². The van der Waals surface area contributed by atoms with E-state index in [9.17, 15) is 9.36 Å². The van der Waals surface area contributed by atoms with Crippen LogP contribution in [0.5, 0.6) is 0 Å². The fraction of sp³-hybridized carbons (Fsp3) is 0.188. The third-order valence-electron chi connectivity index (χ3n) is 3.34. The van der Waals surface area contributed by atoms with Crippen molar-refractivity contribution in [3.05, 3.63) is 60.7 Å². The molecule has 0 spiro atoms. The van der Waals surface area contributed by atoms with Crippen molar-refractivity contribution in [1.82, 2.24) is 0 Å². The van der Waals surface area contributed by atoms with Crippen molar-refractivity contribution in [1.29, 1.82) is 0 Å². The second-order valence-electron chi connectivity index (χ2n) is 4.58. The summed E-state index contributed by atoms with van der Waals surface area (Å²) >= 11 is 0. The second-order valence-corrected chi connectivity index (χ2v) is 7.81. The van der Waals surface area contributed by atoms with Gasteiger partial charge in [-0.25, -0.2) is 0 Å². The van der Waals surface area contributed by atoms with E-state index in [1.165, 1.54) is 0 Å². The molecule has 0 radical (unpaired) electrons. The number of hydrogen-bond donors (Lipinski definition) is 0. The van der Waals surface area contributed by atoms with Gasteiger partial charge in [0.2, 0.25) is 0 Å². The van der Waals surface area contributed by atoms with Gasteiger partial charge in [0, 0.05) is 22.7 Å². The lowest BCUT2D eigenvalue weighted by Crippen LogP contribution is -2.24. The first-order valence-electron chi connectivity index (χ1n) is 6.34. The molecule has 2 aromatic carbocycles. The van der Waals surface area contributed by atoms with Crippen LogP contribution in [0.1, 0.15) is 13.3 Å². The molecule has 0 aromatic heterocycles. The average Bonchev–Trinajstić information content (AvgIpc) is 2.48. The smallest absolute Gasteiger partial charge is 0.146 e. The highest BCUT2D eigenvalue weighted by Gasteiger charge is 2.33. The Labute approximate surface area is 113 Å². The Balaban J connectivity index is 2.57. The Bertz CT molecular complexity index is 535. The maximum Gasteiger partial charge on any atom is 0.146 e. The molecule has 2 nitrogen and oxygen atoms in total. The highest BCUT2D eigenvalue weighted by molar-refractivity contribution is 7.79. The van der Waals surface area contributed by atoms with Crippen LogP contribution < -0.4 is 10.6 Å². The molecular weight excluding hydrogens is 255 g/mol. The fourth-order valence-electron chi connectivity index (χ4n) is 2.24. The van der Waals surface area contributed by atoms with Crippen LogP contribution >= 0.6 is 7.14 Å². The van der Waals surface area contributed by atoms with Gasteiger partial charge < -0.3 is 9.36 Å². The van der Waals surface area contributed by atoms with E-state index in [-0.39, 0.29) is 5.66 Å². The largest absolute Gasteiger partial charge is 0.313 e. The quantitative estimate of drug-likeness (QED) is 0.619. The number of carbonyl (C=O) groups excluding carboxylic acids is 1. The van der Waals surface area contributed by atoms with E-state index in [4.69, 9.17) is 0 Å². The molecule has 0 amide bonds. The van der Waals surface area contributed by atoms with E-state index >= 15 is 0 Å². The van der Waals surface area contributed by atoms with Crippen molar-refractivity contribution in [2.75, 3.05) is 0 Å². The monoisotopic (exact) mass is 272 g/mol. The molecule has 1 atom stereocenters. The normalized spacial score (nSPS) is 12.9. The summed E-state index contributed by atoms with van der Waals surface area (Å²) in [6, 6.07) is 18.9. The van der Waals surface area contributed by atoms with Gasteiger partial charge in [0.05, 0.1) is 0 Å². The van der Waals surface area contributed by atoms with Gasteiger partial charge in [-0.2, -0.15) is 0 Å². The Morgan fingerprint density at radius 1 is 0.947 bits per heavy atom. The maximum absolute atomic E-state index is 13.5. The van der Waals surface area contributed by atoms with Gasteiger partial charge in [0.25, 0.3) is 0 Å². The number of carbonyl (C=O) groups is 1.